The van der Waals surface area contributed by atoms with E-state index in [0.717, 1.165) is 0 Å². The number of rotatable bonds is 6. The molecular formula is C8H18N2O3. The minimum Gasteiger partial charge on any atom is -0.395 e. The Morgan fingerprint density at radius 3 is 2.62 bits per heavy atom. The predicted octanol–water partition coefficient (Wildman–Crippen LogP) is -1.33. The van der Waals surface area contributed by atoms with Crippen LogP contribution in [-0.4, -0.2) is 62.9 Å². The molecule has 0 aliphatic rings. The van der Waals surface area contributed by atoms with Gasteiger partial charge < -0.3 is 20.1 Å². The van der Waals surface area contributed by atoms with Gasteiger partial charge in [0.2, 0.25) is 5.91 Å². The van der Waals surface area contributed by atoms with Crippen LogP contribution in [0.15, 0.2) is 0 Å². The molecule has 0 aliphatic heterocycles. The normalized spacial score (nSPS) is 12.6. The van der Waals surface area contributed by atoms with E-state index in [1.165, 1.54) is 4.90 Å². The summed E-state index contributed by atoms with van der Waals surface area (Å²) in [6.07, 6.45) is 0. The second-order valence-electron chi connectivity index (χ2n) is 3.00. The number of nitrogens with zero attached hydrogens (tertiary/aromatic N) is 1. The minimum absolute atomic E-state index is 0.0189. The summed E-state index contributed by atoms with van der Waals surface area (Å²) in [5, 5.41) is 11.7. The van der Waals surface area contributed by atoms with Gasteiger partial charge >= 0.3 is 0 Å². The zero-order valence-corrected chi connectivity index (χ0v) is 8.41. The summed E-state index contributed by atoms with van der Waals surface area (Å²) in [6, 6.07) is -0.172. The number of aliphatic hydroxyl groups is 1. The minimum atomic E-state index is -0.172. The summed E-state index contributed by atoms with van der Waals surface area (Å²) in [4.78, 5) is 12.6. The highest BCUT2D eigenvalue weighted by atomic mass is 16.5. The van der Waals surface area contributed by atoms with Crippen molar-refractivity contribution in [2.45, 2.75) is 6.04 Å². The van der Waals surface area contributed by atoms with Crippen LogP contribution in [0, 0.1) is 0 Å². The molecular weight excluding hydrogens is 172 g/mol. The Labute approximate surface area is 78.7 Å². The van der Waals surface area contributed by atoms with Gasteiger partial charge in [-0.05, 0) is 0 Å². The van der Waals surface area contributed by atoms with Crippen molar-refractivity contribution in [3.8, 4) is 0 Å². The number of aliphatic hydroxyl groups excluding tert-OH is 1. The molecule has 0 saturated heterocycles. The van der Waals surface area contributed by atoms with Crippen LogP contribution in [0.4, 0.5) is 0 Å². The van der Waals surface area contributed by atoms with Crippen LogP contribution < -0.4 is 5.32 Å². The topological polar surface area (TPSA) is 61.8 Å². The molecule has 13 heavy (non-hydrogen) atoms. The van der Waals surface area contributed by atoms with Crippen LogP contribution in [0.25, 0.3) is 0 Å². The number of ether oxygens (including phenoxy) is 1. The molecule has 1 unspecified atom stereocenters. The van der Waals surface area contributed by atoms with Crippen molar-refractivity contribution in [1.82, 2.24) is 10.2 Å². The predicted molar refractivity (Wildman–Crippen MR) is 49.4 cm³/mol. The third-order valence-corrected chi connectivity index (χ3v) is 1.63. The molecule has 0 bridgehead atoms. The van der Waals surface area contributed by atoms with Gasteiger partial charge in [-0.1, -0.05) is 0 Å². The number of hydrogen-bond donors (Lipinski definition) is 2. The standard InChI is InChI=1S/C8H18N2O3/c1-10(2)8(12)4-9-7(5-11)6-13-3/h7,9,11H,4-6H2,1-3H3. The molecule has 1 amide bonds. The maximum atomic E-state index is 11.1. The van der Waals surface area contributed by atoms with E-state index in [4.69, 9.17) is 9.84 Å². The quantitative estimate of drug-likeness (QED) is 0.545. The van der Waals surface area contributed by atoms with E-state index in [1.807, 2.05) is 0 Å². The molecule has 5 nitrogen and oxygen atoms in total. The Morgan fingerprint density at radius 1 is 1.62 bits per heavy atom. The van der Waals surface area contributed by atoms with Gasteiger partial charge in [-0.2, -0.15) is 0 Å². The molecule has 0 aliphatic carbocycles. The number of amides is 1. The van der Waals surface area contributed by atoms with Gasteiger partial charge in [0.05, 0.1) is 25.8 Å². The Morgan fingerprint density at radius 2 is 2.23 bits per heavy atom. The van der Waals surface area contributed by atoms with Crippen molar-refractivity contribution in [2.75, 3.05) is 41.0 Å². The van der Waals surface area contributed by atoms with Crippen molar-refractivity contribution < 1.29 is 14.6 Å². The lowest BCUT2D eigenvalue weighted by Crippen LogP contribution is -2.42. The zero-order valence-electron chi connectivity index (χ0n) is 8.41. The number of carbonyl (C=O) groups is 1. The molecule has 0 saturated carbocycles. The number of carbonyl (C=O) groups excluding carboxylic acids is 1. The largest absolute Gasteiger partial charge is 0.395 e. The SMILES string of the molecule is COCC(CO)NCC(=O)N(C)C. The van der Waals surface area contributed by atoms with Gasteiger partial charge in [0.25, 0.3) is 0 Å². The molecule has 0 aromatic rings. The first-order valence-electron chi connectivity index (χ1n) is 4.15. The molecule has 0 fully saturated rings. The Bertz CT molecular complexity index is 150. The molecule has 78 valence electrons. The fourth-order valence-corrected chi connectivity index (χ4v) is 0.767. The molecule has 0 aromatic heterocycles. The average molecular weight is 190 g/mol. The first-order chi connectivity index (χ1) is 6.11. The van der Waals surface area contributed by atoms with E-state index in [0.29, 0.717) is 6.61 Å². The van der Waals surface area contributed by atoms with Crippen molar-refractivity contribution >= 4 is 5.91 Å². The lowest BCUT2D eigenvalue weighted by molar-refractivity contribution is -0.128. The van der Waals surface area contributed by atoms with E-state index < -0.39 is 0 Å². The van der Waals surface area contributed by atoms with E-state index >= 15 is 0 Å². The van der Waals surface area contributed by atoms with Gasteiger partial charge in [-0.3, -0.25) is 4.79 Å². The second kappa shape index (κ2) is 6.82. The molecule has 2 N–H and O–H groups in total. The summed E-state index contributed by atoms with van der Waals surface area (Å²) < 4.78 is 4.84. The van der Waals surface area contributed by atoms with Crippen molar-refractivity contribution in [2.24, 2.45) is 0 Å². The van der Waals surface area contributed by atoms with Crippen molar-refractivity contribution in [3.63, 3.8) is 0 Å². The number of nitrogens with one attached hydrogen (secondary N) is 1. The fraction of sp³-hybridized carbons (Fsp3) is 0.875. The van der Waals surface area contributed by atoms with Crippen LogP contribution in [0.1, 0.15) is 0 Å². The summed E-state index contributed by atoms with van der Waals surface area (Å²) >= 11 is 0. The molecule has 0 heterocycles. The van der Waals surface area contributed by atoms with Gasteiger partial charge in [0.15, 0.2) is 0 Å². The monoisotopic (exact) mass is 190 g/mol. The van der Waals surface area contributed by atoms with E-state index in [-0.39, 0.29) is 25.1 Å². The lowest BCUT2D eigenvalue weighted by atomic mass is 10.3. The number of likely N-dealkylation sites (N-methyl/N-ethyl adjacent to an activating group) is 1. The third kappa shape index (κ3) is 5.57. The van der Waals surface area contributed by atoms with Gasteiger partial charge in [-0.25, -0.2) is 0 Å². The average Bonchev–Trinajstić information content (AvgIpc) is 2.11. The molecule has 5 heteroatoms. The molecule has 0 aromatic carbocycles. The molecule has 0 rings (SSSR count). The van der Waals surface area contributed by atoms with Crippen LogP contribution in [0.2, 0.25) is 0 Å². The van der Waals surface area contributed by atoms with Crippen molar-refractivity contribution in [3.05, 3.63) is 0 Å². The molecule has 0 spiro atoms. The van der Waals surface area contributed by atoms with Gasteiger partial charge in [0.1, 0.15) is 0 Å². The first-order valence-corrected chi connectivity index (χ1v) is 4.15. The van der Waals surface area contributed by atoms with Crippen LogP contribution in [0.5, 0.6) is 0 Å². The second-order valence-corrected chi connectivity index (χ2v) is 3.00. The molecule has 0 radical (unpaired) electrons. The highest BCUT2D eigenvalue weighted by Crippen LogP contribution is 1.84. The van der Waals surface area contributed by atoms with E-state index in [1.54, 1.807) is 21.2 Å². The Balaban J connectivity index is 3.65. The fourth-order valence-electron chi connectivity index (χ4n) is 0.767. The summed E-state index contributed by atoms with van der Waals surface area (Å²) in [5.41, 5.74) is 0. The highest BCUT2D eigenvalue weighted by Gasteiger charge is 2.09. The maximum Gasteiger partial charge on any atom is 0.236 e. The lowest BCUT2D eigenvalue weighted by Gasteiger charge is -2.16. The van der Waals surface area contributed by atoms with Crippen LogP contribution in [0.3, 0.4) is 0 Å². The summed E-state index contributed by atoms with van der Waals surface area (Å²) in [5.74, 6) is -0.0189. The molecule has 1 atom stereocenters. The van der Waals surface area contributed by atoms with Gasteiger partial charge in [-0.15, -0.1) is 0 Å². The number of hydrogen-bond acceptors (Lipinski definition) is 4. The van der Waals surface area contributed by atoms with Crippen molar-refractivity contribution in [1.29, 1.82) is 0 Å². The van der Waals surface area contributed by atoms with E-state index in [2.05, 4.69) is 5.32 Å². The van der Waals surface area contributed by atoms with Gasteiger partial charge in [0, 0.05) is 21.2 Å². The highest BCUT2D eigenvalue weighted by molar-refractivity contribution is 5.77. The summed E-state index contributed by atoms with van der Waals surface area (Å²) in [7, 11) is 4.93. The van der Waals surface area contributed by atoms with Crippen LogP contribution >= 0.6 is 0 Å². The number of methoxy groups -OCH3 is 1. The Kier molecular flexibility index (Phi) is 6.48. The zero-order chi connectivity index (χ0) is 10.3. The van der Waals surface area contributed by atoms with E-state index in [9.17, 15) is 4.79 Å². The summed E-state index contributed by atoms with van der Waals surface area (Å²) in [6.45, 7) is 0.591. The smallest absolute Gasteiger partial charge is 0.236 e. The Hall–Kier alpha value is -0.650. The maximum absolute atomic E-state index is 11.1. The third-order valence-electron chi connectivity index (χ3n) is 1.63. The van der Waals surface area contributed by atoms with Crippen LogP contribution in [-0.2, 0) is 9.53 Å². The first kappa shape index (κ1) is 12.3.